The number of carbonyl (C=O) groups is 1. The summed E-state index contributed by atoms with van der Waals surface area (Å²) >= 11 is 1.24. The van der Waals surface area contributed by atoms with Gasteiger partial charge in [0, 0.05) is 22.2 Å². The van der Waals surface area contributed by atoms with Crippen molar-refractivity contribution in [1.82, 2.24) is 4.98 Å². The van der Waals surface area contributed by atoms with Gasteiger partial charge in [-0.25, -0.2) is 17.8 Å². The lowest BCUT2D eigenvalue weighted by molar-refractivity contribution is 0.102. The summed E-state index contributed by atoms with van der Waals surface area (Å²) < 4.78 is 38.2. The van der Waals surface area contributed by atoms with Gasteiger partial charge >= 0.3 is 0 Å². The third kappa shape index (κ3) is 4.89. The number of hydrogen-bond acceptors (Lipinski definition) is 5. The van der Waals surface area contributed by atoms with Crippen molar-refractivity contribution >= 4 is 38.1 Å². The number of aryl methyl sites for hydroxylation is 1. The number of aromatic nitrogens is 1. The second kappa shape index (κ2) is 7.45. The van der Waals surface area contributed by atoms with Crippen LogP contribution < -0.4 is 10.0 Å². The van der Waals surface area contributed by atoms with E-state index in [1.807, 2.05) is 0 Å². The molecule has 2 N–H and O–H groups in total. The van der Waals surface area contributed by atoms with Crippen molar-refractivity contribution in [2.45, 2.75) is 6.92 Å². The Balaban J connectivity index is 1.75. The van der Waals surface area contributed by atoms with Crippen molar-refractivity contribution in [3.8, 4) is 11.3 Å². The zero-order valence-corrected chi connectivity index (χ0v) is 16.1. The molecule has 0 aliphatic carbocycles. The minimum Gasteiger partial charge on any atom is -0.298 e. The lowest BCUT2D eigenvalue weighted by Gasteiger charge is -2.05. The molecule has 0 spiro atoms. The van der Waals surface area contributed by atoms with Gasteiger partial charge in [0.05, 0.1) is 11.9 Å². The van der Waals surface area contributed by atoms with E-state index >= 15 is 0 Å². The molecule has 0 fully saturated rings. The first-order chi connectivity index (χ1) is 12.7. The fourth-order valence-corrected chi connectivity index (χ4v) is 3.67. The van der Waals surface area contributed by atoms with Crippen molar-refractivity contribution < 1.29 is 17.6 Å². The van der Waals surface area contributed by atoms with Crippen LogP contribution in [-0.4, -0.2) is 25.6 Å². The largest absolute Gasteiger partial charge is 0.298 e. The van der Waals surface area contributed by atoms with Crippen LogP contribution in [-0.2, 0) is 10.0 Å². The molecule has 6 nitrogen and oxygen atoms in total. The number of rotatable bonds is 5. The lowest BCUT2D eigenvalue weighted by atomic mass is 10.1. The number of thiazole rings is 1. The molecule has 0 atom stereocenters. The van der Waals surface area contributed by atoms with E-state index in [0.29, 0.717) is 22.1 Å². The van der Waals surface area contributed by atoms with Crippen LogP contribution in [0.2, 0.25) is 0 Å². The molecule has 0 bridgehead atoms. The van der Waals surface area contributed by atoms with Crippen molar-refractivity contribution in [2.24, 2.45) is 0 Å². The fourth-order valence-electron chi connectivity index (χ4n) is 2.39. The Morgan fingerprint density at radius 2 is 1.85 bits per heavy atom. The van der Waals surface area contributed by atoms with Gasteiger partial charge in [-0.05, 0) is 36.8 Å². The number of halogens is 1. The summed E-state index contributed by atoms with van der Waals surface area (Å²) in [6, 6.07) is 10.7. The topological polar surface area (TPSA) is 88.2 Å². The zero-order chi connectivity index (χ0) is 19.6. The number of nitrogens with zero attached hydrogens (tertiary/aromatic N) is 1. The molecule has 140 valence electrons. The third-order valence-electron chi connectivity index (χ3n) is 3.65. The predicted octanol–water partition coefficient (Wildman–Crippen LogP) is 3.88. The van der Waals surface area contributed by atoms with E-state index in [-0.39, 0.29) is 5.56 Å². The summed E-state index contributed by atoms with van der Waals surface area (Å²) in [5.74, 6) is -0.908. The fraction of sp³-hybridized carbons (Fsp3) is 0.111. The second-order valence-corrected chi connectivity index (χ2v) is 8.51. The Bertz CT molecular complexity index is 1090. The molecule has 1 aromatic heterocycles. The van der Waals surface area contributed by atoms with Crippen LogP contribution in [0.25, 0.3) is 11.3 Å². The van der Waals surface area contributed by atoms with Gasteiger partial charge in [-0.2, -0.15) is 0 Å². The molecule has 3 rings (SSSR count). The molecule has 0 aliphatic heterocycles. The van der Waals surface area contributed by atoms with E-state index < -0.39 is 21.7 Å². The molecule has 1 amide bonds. The maximum Gasteiger partial charge on any atom is 0.257 e. The standard InChI is InChI=1S/C18H16FN3O3S2/c1-11-3-6-13(19)9-15(11)17(23)21-18-20-16(10-26-18)12-4-7-14(8-5-12)22-27(2,24)25/h3-10,22H,1-2H3,(H,20,21,23). The normalized spacial score (nSPS) is 11.2. The summed E-state index contributed by atoms with van der Waals surface area (Å²) in [5, 5.41) is 4.83. The zero-order valence-electron chi connectivity index (χ0n) is 14.5. The molecular formula is C18H16FN3O3S2. The van der Waals surface area contributed by atoms with Crippen LogP contribution >= 0.6 is 11.3 Å². The van der Waals surface area contributed by atoms with Crippen molar-refractivity contribution in [1.29, 1.82) is 0 Å². The van der Waals surface area contributed by atoms with Crippen LogP contribution in [0.15, 0.2) is 47.8 Å². The first kappa shape index (κ1) is 19.0. The Labute approximate surface area is 160 Å². The first-order valence-corrected chi connectivity index (χ1v) is 10.6. The number of benzene rings is 2. The number of hydrogen-bond donors (Lipinski definition) is 2. The second-order valence-electron chi connectivity index (χ2n) is 5.90. The Morgan fingerprint density at radius 3 is 2.52 bits per heavy atom. The van der Waals surface area contributed by atoms with Gasteiger partial charge in [-0.3, -0.25) is 14.8 Å². The predicted molar refractivity (Wildman–Crippen MR) is 105 cm³/mol. The highest BCUT2D eigenvalue weighted by atomic mass is 32.2. The van der Waals surface area contributed by atoms with E-state index in [4.69, 9.17) is 0 Å². The first-order valence-electron chi connectivity index (χ1n) is 7.82. The van der Waals surface area contributed by atoms with Crippen LogP contribution in [0.1, 0.15) is 15.9 Å². The molecule has 0 radical (unpaired) electrons. The van der Waals surface area contributed by atoms with Crippen molar-refractivity contribution in [3.63, 3.8) is 0 Å². The number of amides is 1. The molecule has 9 heteroatoms. The molecule has 2 aromatic carbocycles. The number of nitrogens with one attached hydrogen (secondary N) is 2. The summed E-state index contributed by atoms with van der Waals surface area (Å²) in [6.07, 6.45) is 1.08. The molecule has 27 heavy (non-hydrogen) atoms. The molecular weight excluding hydrogens is 389 g/mol. The van der Waals surface area contributed by atoms with Gasteiger partial charge in [0.2, 0.25) is 10.0 Å². The monoisotopic (exact) mass is 405 g/mol. The SMILES string of the molecule is Cc1ccc(F)cc1C(=O)Nc1nc(-c2ccc(NS(C)(=O)=O)cc2)cs1. The van der Waals surface area contributed by atoms with Gasteiger partial charge in [-0.1, -0.05) is 18.2 Å². The van der Waals surface area contributed by atoms with Gasteiger partial charge in [0.15, 0.2) is 5.13 Å². The Kier molecular flexibility index (Phi) is 5.24. The Morgan fingerprint density at radius 1 is 1.15 bits per heavy atom. The van der Waals surface area contributed by atoms with Gasteiger partial charge in [-0.15, -0.1) is 11.3 Å². The van der Waals surface area contributed by atoms with Crippen LogP contribution in [0.5, 0.6) is 0 Å². The maximum atomic E-state index is 13.4. The molecule has 0 unspecified atom stereocenters. The van der Waals surface area contributed by atoms with Gasteiger partial charge in [0.1, 0.15) is 5.82 Å². The van der Waals surface area contributed by atoms with E-state index in [0.717, 1.165) is 11.8 Å². The highest BCUT2D eigenvalue weighted by Gasteiger charge is 2.13. The maximum absolute atomic E-state index is 13.4. The molecule has 1 heterocycles. The highest BCUT2D eigenvalue weighted by Crippen LogP contribution is 2.26. The number of sulfonamides is 1. The lowest BCUT2D eigenvalue weighted by Crippen LogP contribution is -2.13. The van der Waals surface area contributed by atoms with Crippen LogP contribution in [0, 0.1) is 12.7 Å². The molecule has 0 aliphatic rings. The molecule has 0 saturated heterocycles. The van der Waals surface area contributed by atoms with Gasteiger partial charge in [0.25, 0.3) is 5.91 Å². The molecule has 0 saturated carbocycles. The number of anilines is 2. The van der Waals surface area contributed by atoms with Crippen molar-refractivity contribution in [3.05, 3.63) is 64.8 Å². The number of carbonyl (C=O) groups excluding carboxylic acids is 1. The summed E-state index contributed by atoms with van der Waals surface area (Å²) in [7, 11) is -3.33. The molecule has 3 aromatic rings. The van der Waals surface area contributed by atoms with Crippen LogP contribution in [0.3, 0.4) is 0 Å². The summed E-state index contributed by atoms with van der Waals surface area (Å²) in [5.41, 5.74) is 2.78. The Hall–Kier alpha value is -2.78. The average molecular weight is 405 g/mol. The quantitative estimate of drug-likeness (QED) is 0.674. The van der Waals surface area contributed by atoms with E-state index in [1.54, 1.807) is 42.6 Å². The van der Waals surface area contributed by atoms with Crippen molar-refractivity contribution in [2.75, 3.05) is 16.3 Å². The highest BCUT2D eigenvalue weighted by molar-refractivity contribution is 7.92. The average Bonchev–Trinajstić information content (AvgIpc) is 3.04. The van der Waals surface area contributed by atoms with Crippen LogP contribution in [0.4, 0.5) is 15.2 Å². The summed E-state index contributed by atoms with van der Waals surface area (Å²) in [4.78, 5) is 16.7. The smallest absolute Gasteiger partial charge is 0.257 e. The minimum atomic E-state index is -3.33. The van der Waals surface area contributed by atoms with E-state index in [9.17, 15) is 17.6 Å². The minimum absolute atomic E-state index is 0.253. The summed E-state index contributed by atoms with van der Waals surface area (Å²) in [6.45, 7) is 1.73. The van der Waals surface area contributed by atoms with Gasteiger partial charge < -0.3 is 0 Å². The van der Waals surface area contributed by atoms with E-state index in [1.165, 1.54) is 23.5 Å². The third-order valence-corrected chi connectivity index (χ3v) is 5.02. The van der Waals surface area contributed by atoms with E-state index in [2.05, 4.69) is 15.0 Å².